The van der Waals surface area contributed by atoms with Crippen LogP contribution in [0.3, 0.4) is 0 Å². The smallest absolute Gasteiger partial charge is 0.259 e. The Balaban J connectivity index is 1.32. The number of carbonyl (C=O) groups is 2. The Morgan fingerprint density at radius 1 is 1.25 bits per heavy atom. The standard InChI is InChI=1S/C27H32N6O3/c1-14-10-17(11-18-13-32(27(36)22(14)18)15(2)16-6-7-16)21-8-9-33-25(30-21)23(24(28)31-33)26(35)29-19-4-3-5-20(34)12-19/h8-11,15-16,19-20,34H,3-7,12-13H2,1-2H3,(H2,28,31)(H,29,35)/t15?,19-,20+/m0/s1. The van der Waals surface area contributed by atoms with Gasteiger partial charge in [-0.25, -0.2) is 9.50 Å². The van der Waals surface area contributed by atoms with Gasteiger partial charge in [-0.05, 0) is 87.6 Å². The number of nitrogen functional groups attached to an aromatic ring is 1. The lowest BCUT2D eigenvalue weighted by Crippen LogP contribution is -2.40. The van der Waals surface area contributed by atoms with Gasteiger partial charge in [0.15, 0.2) is 11.5 Å². The van der Waals surface area contributed by atoms with Gasteiger partial charge in [0.25, 0.3) is 11.8 Å². The van der Waals surface area contributed by atoms with Crippen LogP contribution in [0.2, 0.25) is 0 Å². The fourth-order valence-electron chi connectivity index (χ4n) is 5.88. The second-order valence-corrected chi connectivity index (χ2v) is 10.7. The van der Waals surface area contributed by atoms with E-state index < -0.39 is 6.10 Å². The van der Waals surface area contributed by atoms with Gasteiger partial charge in [-0.3, -0.25) is 9.59 Å². The Kier molecular flexibility index (Phi) is 5.48. The van der Waals surface area contributed by atoms with E-state index in [-0.39, 0.29) is 35.3 Å². The summed E-state index contributed by atoms with van der Waals surface area (Å²) in [6, 6.07) is 6.03. The lowest BCUT2D eigenvalue weighted by atomic mass is 9.93. The van der Waals surface area contributed by atoms with Crippen molar-refractivity contribution < 1.29 is 14.7 Å². The van der Waals surface area contributed by atoms with Gasteiger partial charge in [-0.1, -0.05) is 0 Å². The number of nitrogens with one attached hydrogen (secondary N) is 1. The van der Waals surface area contributed by atoms with Crippen molar-refractivity contribution in [2.75, 3.05) is 5.73 Å². The summed E-state index contributed by atoms with van der Waals surface area (Å²) in [5.41, 5.74) is 11.1. The number of fused-ring (bicyclic) bond motifs is 2. The maximum atomic E-state index is 13.2. The second-order valence-electron chi connectivity index (χ2n) is 10.7. The molecule has 1 unspecified atom stereocenters. The largest absolute Gasteiger partial charge is 0.393 e. The van der Waals surface area contributed by atoms with Gasteiger partial charge in [0, 0.05) is 36.0 Å². The van der Waals surface area contributed by atoms with E-state index in [2.05, 4.69) is 17.3 Å². The van der Waals surface area contributed by atoms with E-state index in [0.717, 1.165) is 41.5 Å². The lowest BCUT2D eigenvalue weighted by molar-refractivity contribution is 0.0696. The van der Waals surface area contributed by atoms with Crippen LogP contribution < -0.4 is 11.1 Å². The van der Waals surface area contributed by atoms with E-state index >= 15 is 0 Å². The number of aromatic nitrogens is 3. The highest BCUT2D eigenvalue weighted by Crippen LogP contribution is 2.39. The Bertz CT molecular complexity index is 1380. The van der Waals surface area contributed by atoms with Crippen molar-refractivity contribution in [1.82, 2.24) is 24.8 Å². The molecule has 3 heterocycles. The fourth-order valence-corrected chi connectivity index (χ4v) is 5.88. The Labute approximate surface area is 209 Å². The highest BCUT2D eigenvalue weighted by Gasteiger charge is 2.39. The molecule has 0 bridgehead atoms. The summed E-state index contributed by atoms with van der Waals surface area (Å²) < 4.78 is 1.52. The molecule has 2 saturated carbocycles. The highest BCUT2D eigenvalue weighted by atomic mass is 16.3. The number of nitrogens with two attached hydrogens (primary N) is 1. The number of aliphatic hydroxyl groups excluding tert-OH is 1. The van der Waals surface area contributed by atoms with Crippen LogP contribution in [0.1, 0.15) is 77.3 Å². The van der Waals surface area contributed by atoms with Gasteiger partial charge in [-0.2, -0.15) is 0 Å². The van der Waals surface area contributed by atoms with E-state index in [9.17, 15) is 14.7 Å². The molecule has 2 aliphatic carbocycles. The maximum absolute atomic E-state index is 13.2. The molecule has 188 valence electrons. The van der Waals surface area contributed by atoms with Crippen molar-refractivity contribution in [2.24, 2.45) is 5.92 Å². The zero-order valence-electron chi connectivity index (χ0n) is 20.7. The molecular weight excluding hydrogens is 456 g/mol. The third-order valence-electron chi connectivity index (χ3n) is 8.05. The summed E-state index contributed by atoms with van der Waals surface area (Å²) in [7, 11) is 0. The predicted octanol–water partition coefficient (Wildman–Crippen LogP) is 3.07. The van der Waals surface area contributed by atoms with Crippen LogP contribution in [0.15, 0.2) is 24.4 Å². The van der Waals surface area contributed by atoms with Gasteiger partial charge in [-0.15, -0.1) is 5.10 Å². The molecule has 2 amide bonds. The van der Waals surface area contributed by atoms with Crippen LogP contribution in [-0.2, 0) is 6.54 Å². The average molecular weight is 489 g/mol. The molecular formula is C27H32N6O3. The van der Waals surface area contributed by atoms with Crippen LogP contribution in [-0.4, -0.2) is 54.6 Å². The first-order chi connectivity index (χ1) is 17.3. The molecule has 1 aromatic carbocycles. The van der Waals surface area contributed by atoms with Gasteiger partial charge in [0.1, 0.15) is 5.56 Å². The number of anilines is 1. The van der Waals surface area contributed by atoms with Crippen molar-refractivity contribution in [1.29, 1.82) is 0 Å². The molecule has 9 nitrogen and oxygen atoms in total. The molecule has 36 heavy (non-hydrogen) atoms. The van der Waals surface area contributed by atoms with Crippen molar-refractivity contribution in [3.63, 3.8) is 0 Å². The molecule has 6 rings (SSSR count). The monoisotopic (exact) mass is 488 g/mol. The van der Waals surface area contributed by atoms with E-state index in [0.29, 0.717) is 30.2 Å². The fraction of sp³-hybridized carbons (Fsp3) is 0.481. The van der Waals surface area contributed by atoms with Gasteiger partial charge in [0.05, 0.1) is 11.8 Å². The Hall–Kier alpha value is -3.46. The number of aliphatic hydroxyl groups is 1. The van der Waals surface area contributed by atoms with Crippen molar-refractivity contribution in [2.45, 2.75) is 77.1 Å². The van der Waals surface area contributed by atoms with E-state index in [4.69, 9.17) is 10.7 Å². The predicted molar refractivity (Wildman–Crippen MR) is 135 cm³/mol. The minimum atomic E-state index is -0.395. The van der Waals surface area contributed by atoms with Crippen molar-refractivity contribution in [3.05, 3.63) is 46.6 Å². The Morgan fingerprint density at radius 2 is 2.06 bits per heavy atom. The molecule has 0 spiro atoms. The van der Waals surface area contributed by atoms with Crippen LogP contribution in [0.25, 0.3) is 16.9 Å². The van der Waals surface area contributed by atoms with Crippen molar-refractivity contribution in [3.8, 4) is 11.3 Å². The normalized spacial score (nSPS) is 22.6. The van der Waals surface area contributed by atoms with Gasteiger partial charge >= 0.3 is 0 Å². The molecule has 3 atom stereocenters. The lowest BCUT2D eigenvalue weighted by Gasteiger charge is -2.26. The number of nitrogens with zero attached hydrogens (tertiary/aromatic N) is 4. The molecule has 2 aromatic heterocycles. The molecule has 0 radical (unpaired) electrons. The second kappa shape index (κ2) is 8.58. The van der Waals surface area contributed by atoms with Crippen LogP contribution >= 0.6 is 0 Å². The number of benzene rings is 1. The Morgan fingerprint density at radius 3 is 2.81 bits per heavy atom. The number of amides is 2. The number of rotatable bonds is 5. The summed E-state index contributed by atoms with van der Waals surface area (Å²) in [6.45, 7) is 4.74. The zero-order chi connectivity index (χ0) is 25.1. The highest BCUT2D eigenvalue weighted by molar-refractivity contribution is 6.04. The average Bonchev–Trinajstić information content (AvgIpc) is 3.55. The number of aryl methyl sites for hydroxylation is 1. The zero-order valence-corrected chi connectivity index (χ0v) is 20.7. The summed E-state index contributed by atoms with van der Waals surface area (Å²) in [5.74, 6) is 0.522. The number of carbonyl (C=O) groups excluding carboxylic acids is 2. The molecule has 3 aliphatic rings. The summed E-state index contributed by atoms with van der Waals surface area (Å²) in [6.07, 6.45) is 6.74. The summed E-state index contributed by atoms with van der Waals surface area (Å²) in [5, 5.41) is 17.3. The minimum Gasteiger partial charge on any atom is -0.393 e. The van der Waals surface area contributed by atoms with Crippen LogP contribution in [0.4, 0.5) is 5.82 Å². The van der Waals surface area contributed by atoms with E-state index in [1.54, 1.807) is 6.20 Å². The van der Waals surface area contributed by atoms with Gasteiger partial charge < -0.3 is 21.1 Å². The third kappa shape index (κ3) is 3.91. The van der Waals surface area contributed by atoms with Crippen LogP contribution in [0.5, 0.6) is 0 Å². The molecule has 0 saturated heterocycles. The first-order valence-electron chi connectivity index (χ1n) is 12.9. The third-order valence-corrected chi connectivity index (χ3v) is 8.05. The molecule has 1 aliphatic heterocycles. The minimum absolute atomic E-state index is 0.100. The summed E-state index contributed by atoms with van der Waals surface area (Å²) in [4.78, 5) is 33.1. The summed E-state index contributed by atoms with van der Waals surface area (Å²) >= 11 is 0. The van der Waals surface area contributed by atoms with E-state index in [1.807, 2.05) is 30.0 Å². The first-order valence-corrected chi connectivity index (χ1v) is 12.9. The molecule has 2 fully saturated rings. The van der Waals surface area contributed by atoms with E-state index in [1.165, 1.54) is 17.4 Å². The number of hydrogen-bond donors (Lipinski definition) is 3. The molecule has 3 aromatic rings. The van der Waals surface area contributed by atoms with Crippen LogP contribution in [0, 0.1) is 12.8 Å². The topological polar surface area (TPSA) is 126 Å². The van der Waals surface area contributed by atoms with Crippen molar-refractivity contribution >= 4 is 23.3 Å². The SMILES string of the molecule is Cc1cc(-c2ccn3nc(N)c(C(=O)N[C@H]4CCC[C@@H](O)C4)c3n2)cc2c1C(=O)N(C(C)C1CC1)C2. The number of hydrogen-bond acceptors (Lipinski definition) is 6. The van der Waals surface area contributed by atoms with Gasteiger partial charge in [0.2, 0.25) is 0 Å². The molecule has 4 N–H and O–H groups in total. The molecule has 9 heteroatoms. The maximum Gasteiger partial charge on any atom is 0.259 e. The quantitative estimate of drug-likeness (QED) is 0.507. The first kappa shape index (κ1) is 23.0.